The molecule has 1 fully saturated rings. The van der Waals surface area contributed by atoms with E-state index in [-0.39, 0.29) is 29.5 Å². The number of pyridine rings is 1. The number of hydrogen-bond donors (Lipinski definition) is 0. The summed E-state index contributed by atoms with van der Waals surface area (Å²) in [6, 6.07) is 13.1. The number of rotatable bonds is 2. The maximum Gasteiger partial charge on any atom is 0.295 e. The molecular weight excluding hydrogens is 364 g/mol. The van der Waals surface area contributed by atoms with Gasteiger partial charge in [0.15, 0.2) is 11.5 Å². The molecule has 3 aliphatic rings. The molecule has 5 heteroatoms. The Morgan fingerprint density at radius 2 is 1.76 bits per heavy atom. The van der Waals surface area contributed by atoms with Crippen LogP contribution in [-0.4, -0.2) is 22.8 Å². The first kappa shape index (κ1) is 18.1. The van der Waals surface area contributed by atoms with Gasteiger partial charge in [-0.05, 0) is 50.8 Å². The van der Waals surface area contributed by atoms with Gasteiger partial charge in [-0.1, -0.05) is 42.3 Å². The Hall–Kier alpha value is -2.95. The summed E-state index contributed by atoms with van der Waals surface area (Å²) in [5, 5.41) is 0. The van der Waals surface area contributed by atoms with Gasteiger partial charge in [0.25, 0.3) is 5.91 Å². The zero-order valence-corrected chi connectivity index (χ0v) is 16.7. The zero-order valence-electron chi connectivity index (χ0n) is 16.7. The monoisotopic (exact) mass is 388 g/mol. The minimum absolute atomic E-state index is 0.0741. The average Bonchev–Trinajstić information content (AvgIpc) is 3.02. The van der Waals surface area contributed by atoms with Crippen molar-refractivity contribution in [3.63, 3.8) is 0 Å². The van der Waals surface area contributed by atoms with Crippen molar-refractivity contribution in [3.05, 3.63) is 70.6 Å². The molecule has 2 aliphatic heterocycles. The standard InChI is InChI=1S/C24H24N2O3/c1-14-10-12-16(13-11-14)21-20-22(27)17-7-3-4-8-18(17)29-23(20)24(28)26(21)19-9-5-6-15(2)25-19/h5-6,9-13,17-18,21H,3-4,7-8H2,1-2H3. The third kappa shape index (κ3) is 2.87. The summed E-state index contributed by atoms with van der Waals surface area (Å²) in [7, 11) is 0. The van der Waals surface area contributed by atoms with Crippen molar-refractivity contribution in [2.45, 2.75) is 51.7 Å². The summed E-state index contributed by atoms with van der Waals surface area (Å²) < 4.78 is 6.19. The number of carbonyl (C=O) groups excluding carboxylic acids is 2. The first-order valence-electron chi connectivity index (χ1n) is 10.3. The molecule has 0 bridgehead atoms. The van der Waals surface area contributed by atoms with Gasteiger partial charge in [-0.2, -0.15) is 0 Å². The van der Waals surface area contributed by atoms with E-state index in [1.807, 2.05) is 56.3 Å². The second-order valence-corrected chi connectivity index (χ2v) is 8.28. The topological polar surface area (TPSA) is 59.5 Å². The number of carbonyl (C=O) groups is 2. The minimum Gasteiger partial charge on any atom is -0.483 e. The van der Waals surface area contributed by atoms with Crippen molar-refractivity contribution in [2.24, 2.45) is 5.92 Å². The number of ether oxygens (including phenoxy) is 1. The van der Waals surface area contributed by atoms with E-state index in [9.17, 15) is 9.59 Å². The molecule has 1 saturated carbocycles. The maximum atomic E-state index is 13.5. The zero-order chi connectivity index (χ0) is 20.1. The molecular formula is C24H24N2O3. The smallest absolute Gasteiger partial charge is 0.295 e. The lowest BCUT2D eigenvalue weighted by Gasteiger charge is -2.35. The second kappa shape index (κ2) is 6.83. The number of aryl methyl sites for hydroxylation is 2. The van der Waals surface area contributed by atoms with E-state index < -0.39 is 6.04 Å². The Kier molecular flexibility index (Phi) is 4.26. The molecule has 0 saturated heterocycles. The average molecular weight is 388 g/mol. The Labute approximate surface area is 170 Å². The fraction of sp³-hybridized carbons (Fsp3) is 0.375. The van der Waals surface area contributed by atoms with Gasteiger partial charge >= 0.3 is 0 Å². The fourth-order valence-corrected chi connectivity index (χ4v) is 4.81. The van der Waals surface area contributed by atoms with Crippen LogP contribution in [-0.2, 0) is 14.3 Å². The molecule has 3 atom stereocenters. The van der Waals surface area contributed by atoms with E-state index in [1.54, 1.807) is 4.90 Å². The molecule has 3 unspecified atom stereocenters. The highest BCUT2D eigenvalue weighted by Gasteiger charge is 2.52. The molecule has 0 radical (unpaired) electrons. The first-order chi connectivity index (χ1) is 14.0. The second-order valence-electron chi connectivity index (χ2n) is 8.28. The Morgan fingerprint density at radius 3 is 2.52 bits per heavy atom. The SMILES string of the molecule is Cc1ccc(C2C3=C(OC4CCCCC4C3=O)C(=O)N2c2cccc(C)n2)cc1. The van der Waals surface area contributed by atoms with Crippen molar-refractivity contribution in [1.82, 2.24) is 4.98 Å². The van der Waals surface area contributed by atoms with E-state index in [4.69, 9.17) is 4.74 Å². The fourth-order valence-electron chi connectivity index (χ4n) is 4.81. The van der Waals surface area contributed by atoms with Crippen molar-refractivity contribution in [3.8, 4) is 0 Å². The van der Waals surface area contributed by atoms with E-state index in [1.165, 1.54) is 0 Å². The highest BCUT2D eigenvalue weighted by atomic mass is 16.5. The van der Waals surface area contributed by atoms with E-state index in [0.717, 1.165) is 42.5 Å². The van der Waals surface area contributed by atoms with Crippen LogP contribution < -0.4 is 4.90 Å². The van der Waals surface area contributed by atoms with Gasteiger partial charge in [0.05, 0.1) is 17.5 Å². The van der Waals surface area contributed by atoms with Crippen LogP contribution in [0.5, 0.6) is 0 Å². The van der Waals surface area contributed by atoms with Crippen LogP contribution in [0.3, 0.4) is 0 Å². The largest absolute Gasteiger partial charge is 0.483 e. The molecule has 29 heavy (non-hydrogen) atoms. The number of amides is 1. The van der Waals surface area contributed by atoms with Crippen molar-refractivity contribution >= 4 is 17.5 Å². The van der Waals surface area contributed by atoms with Crippen molar-refractivity contribution < 1.29 is 14.3 Å². The highest BCUT2D eigenvalue weighted by molar-refractivity contribution is 6.17. The van der Waals surface area contributed by atoms with Gasteiger partial charge in [-0.15, -0.1) is 0 Å². The summed E-state index contributed by atoms with van der Waals surface area (Å²) in [6.45, 7) is 3.92. The lowest BCUT2D eigenvalue weighted by Crippen LogP contribution is -2.39. The van der Waals surface area contributed by atoms with Crippen LogP contribution in [0, 0.1) is 19.8 Å². The van der Waals surface area contributed by atoms with Crippen LogP contribution in [0.15, 0.2) is 53.8 Å². The van der Waals surface area contributed by atoms with E-state index in [2.05, 4.69) is 4.98 Å². The van der Waals surface area contributed by atoms with Gasteiger partial charge in [0, 0.05) is 5.69 Å². The summed E-state index contributed by atoms with van der Waals surface area (Å²) in [4.78, 5) is 33.2. The Morgan fingerprint density at radius 1 is 1.00 bits per heavy atom. The van der Waals surface area contributed by atoms with Crippen LogP contribution in [0.25, 0.3) is 0 Å². The van der Waals surface area contributed by atoms with Gasteiger partial charge in [0.2, 0.25) is 0 Å². The number of benzene rings is 1. The lowest BCUT2D eigenvalue weighted by atomic mass is 9.77. The summed E-state index contributed by atoms with van der Waals surface area (Å²) in [5.74, 6) is 0.445. The minimum atomic E-state index is -0.497. The Bertz CT molecular complexity index is 1020. The maximum absolute atomic E-state index is 13.5. The number of fused-ring (bicyclic) bond motifs is 1. The van der Waals surface area contributed by atoms with Gasteiger partial charge in [-0.25, -0.2) is 4.98 Å². The predicted molar refractivity (Wildman–Crippen MR) is 109 cm³/mol. The molecule has 148 valence electrons. The Balaban J connectivity index is 1.66. The number of nitrogens with zero attached hydrogens (tertiary/aromatic N) is 2. The normalized spacial score (nSPS) is 26.3. The summed E-state index contributed by atoms with van der Waals surface area (Å²) in [5.41, 5.74) is 3.36. The first-order valence-corrected chi connectivity index (χ1v) is 10.3. The van der Waals surface area contributed by atoms with Gasteiger partial charge in [0.1, 0.15) is 11.9 Å². The molecule has 3 heterocycles. The third-order valence-corrected chi connectivity index (χ3v) is 6.28. The molecule has 1 amide bonds. The molecule has 0 spiro atoms. The summed E-state index contributed by atoms with van der Waals surface area (Å²) >= 11 is 0. The number of Topliss-reactive ketones (excluding diaryl/α,β-unsaturated/α-hetero) is 1. The molecule has 1 aliphatic carbocycles. The quantitative estimate of drug-likeness (QED) is 0.774. The lowest BCUT2D eigenvalue weighted by molar-refractivity contribution is -0.131. The van der Waals surface area contributed by atoms with Crippen molar-refractivity contribution in [1.29, 1.82) is 0 Å². The van der Waals surface area contributed by atoms with E-state index >= 15 is 0 Å². The summed E-state index contributed by atoms with van der Waals surface area (Å²) in [6.07, 6.45) is 3.56. The number of hydrogen-bond acceptors (Lipinski definition) is 4. The number of ketones is 1. The molecule has 1 aromatic heterocycles. The number of anilines is 1. The van der Waals surface area contributed by atoms with Gasteiger partial charge in [-0.3, -0.25) is 14.5 Å². The predicted octanol–water partition coefficient (Wildman–Crippen LogP) is 4.20. The number of aromatic nitrogens is 1. The third-order valence-electron chi connectivity index (χ3n) is 6.28. The van der Waals surface area contributed by atoms with Crippen LogP contribution in [0.2, 0.25) is 0 Å². The molecule has 0 N–H and O–H groups in total. The molecule has 5 rings (SSSR count). The van der Waals surface area contributed by atoms with Crippen LogP contribution in [0.1, 0.15) is 48.5 Å². The molecule has 1 aromatic carbocycles. The van der Waals surface area contributed by atoms with Crippen molar-refractivity contribution in [2.75, 3.05) is 4.90 Å². The highest BCUT2D eigenvalue weighted by Crippen LogP contribution is 2.47. The van der Waals surface area contributed by atoms with E-state index in [0.29, 0.717) is 11.4 Å². The molecule has 2 aromatic rings. The van der Waals surface area contributed by atoms with Crippen LogP contribution >= 0.6 is 0 Å². The van der Waals surface area contributed by atoms with Crippen LogP contribution in [0.4, 0.5) is 5.82 Å². The van der Waals surface area contributed by atoms with Gasteiger partial charge < -0.3 is 4.74 Å². The molecule has 5 nitrogen and oxygen atoms in total.